The summed E-state index contributed by atoms with van der Waals surface area (Å²) in [5, 5.41) is 14.3. The van der Waals surface area contributed by atoms with Crippen molar-refractivity contribution in [1.82, 2.24) is 10.6 Å². The van der Waals surface area contributed by atoms with Gasteiger partial charge in [0.15, 0.2) is 0 Å². The Morgan fingerprint density at radius 2 is 2.28 bits per heavy atom. The van der Waals surface area contributed by atoms with Crippen molar-refractivity contribution < 1.29 is 23.1 Å². The van der Waals surface area contributed by atoms with E-state index in [0.717, 1.165) is 6.08 Å². The van der Waals surface area contributed by atoms with Crippen molar-refractivity contribution in [2.24, 2.45) is 5.92 Å². The zero-order valence-electron chi connectivity index (χ0n) is 9.79. The van der Waals surface area contributed by atoms with Crippen molar-refractivity contribution in [3.05, 3.63) is 23.9 Å². The lowest BCUT2D eigenvalue weighted by atomic mass is 9.98. The molecular weight excluding hydrogens is 249 g/mol. The number of hydrogen-bond donors (Lipinski definition) is 3. The lowest BCUT2D eigenvalue weighted by molar-refractivity contribution is -0.160. The number of hydrogen-bond acceptors (Lipinski definition) is 3. The molecule has 2 unspecified atom stereocenters. The second-order valence-corrected chi connectivity index (χ2v) is 4.01. The van der Waals surface area contributed by atoms with Crippen LogP contribution in [0.25, 0.3) is 0 Å². The van der Waals surface area contributed by atoms with Gasteiger partial charge in [-0.05, 0) is 18.6 Å². The van der Waals surface area contributed by atoms with Crippen LogP contribution in [0, 0.1) is 5.92 Å². The van der Waals surface area contributed by atoms with Gasteiger partial charge in [0.25, 0.3) is 0 Å². The molecule has 0 bridgehead atoms. The van der Waals surface area contributed by atoms with Crippen LogP contribution in [-0.4, -0.2) is 30.0 Å². The largest absolute Gasteiger partial charge is 0.395 e. The highest BCUT2D eigenvalue weighted by Gasteiger charge is 2.38. The molecule has 1 rings (SSSR count). The van der Waals surface area contributed by atoms with Crippen molar-refractivity contribution in [3.8, 4) is 0 Å². The van der Waals surface area contributed by atoms with Gasteiger partial charge in [-0.1, -0.05) is 6.08 Å². The van der Waals surface area contributed by atoms with E-state index in [2.05, 4.69) is 10.6 Å². The number of allylic oxidation sites excluding steroid dienone is 3. The van der Waals surface area contributed by atoms with E-state index in [0.29, 0.717) is 0 Å². The first-order valence-electron chi connectivity index (χ1n) is 5.43. The topological polar surface area (TPSA) is 61.4 Å². The predicted octanol–water partition coefficient (Wildman–Crippen LogP) is 1.05. The van der Waals surface area contributed by atoms with Gasteiger partial charge in [0.2, 0.25) is 5.91 Å². The molecule has 0 aromatic carbocycles. The number of alkyl halides is 3. The van der Waals surface area contributed by atoms with Gasteiger partial charge in [0.05, 0.1) is 12.5 Å². The van der Waals surface area contributed by atoms with E-state index in [1.807, 2.05) is 0 Å². The number of amides is 1. The first-order valence-corrected chi connectivity index (χ1v) is 5.43. The molecule has 0 saturated heterocycles. The van der Waals surface area contributed by atoms with E-state index in [-0.39, 0.29) is 24.6 Å². The highest BCUT2D eigenvalue weighted by Crippen LogP contribution is 2.32. The number of carbonyl (C=O) groups excluding carboxylic acids is 1. The second kappa shape index (κ2) is 5.90. The average Bonchev–Trinajstić information content (AvgIpc) is 2.25. The third-order valence-electron chi connectivity index (χ3n) is 2.37. The molecule has 0 fully saturated rings. The number of carbonyl (C=O) groups is 1. The van der Waals surface area contributed by atoms with Crippen LogP contribution in [0.5, 0.6) is 0 Å². The van der Waals surface area contributed by atoms with E-state index in [1.54, 1.807) is 0 Å². The van der Waals surface area contributed by atoms with Crippen molar-refractivity contribution in [2.75, 3.05) is 6.54 Å². The van der Waals surface area contributed by atoms with Crippen molar-refractivity contribution in [3.63, 3.8) is 0 Å². The first kappa shape index (κ1) is 14.6. The zero-order chi connectivity index (χ0) is 13.8. The Morgan fingerprint density at radius 3 is 2.83 bits per heavy atom. The summed E-state index contributed by atoms with van der Waals surface area (Å²) >= 11 is 0. The molecule has 102 valence electrons. The summed E-state index contributed by atoms with van der Waals surface area (Å²) in [6, 6.07) is 0. The standard InChI is InChI=1S/C11H15F3N2O2/c1-7(17)15-6-10(18)16-9-4-2-3-8(5-9)11(12,13)14/h2,4-5,8,10,16,18H,3,6H2,1H3,(H,15,17). The quantitative estimate of drug-likeness (QED) is 0.665. The molecular formula is C11H15F3N2O2. The fraction of sp³-hybridized carbons (Fsp3) is 0.545. The van der Waals surface area contributed by atoms with E-state index in [9.17, 15) is 23.1 Å². The summed E-state index contributed by atoms with van der Waals surface area (Å²) in [5.41, 5.74) is 0.196. The molecule has 7 heteroatoms. The molecule has 3 N–H and O–H groups in total. The van der Waals surface area contributed by atoms with Crippen LogP contribution in [0.15, 0.2) is 23.9 Å². The maximum atomic E-state index is 12.5. The average molecular weight is 264 g/mol. The summed E-state index contributed by atoms with van der Waals surface area (Å²) in [5.74, 6) is -1.87. The van der Waals surface area contributed by atoms with Crippen LogP contribution >= 0.6 is 0 Å². The van der Waals surface area contributed by atoms with Gasteiger partial charge < -0.3 is 15.7 Å². The van der Waals surface area contributed by atoms with Crippen LogP contribution in [-0.2, 0) is 4.79 Å². The minimum absolute atomic E-state index is 0.0722. The van der Waals surface area contributed by atoms with Gasteiger partial charge in [0, 0.05) is 12.6 Å². The fourth-order valence-corrected chi connectivity index (χ4v) is 1.49. The van der Waals surface area contributed by atoms with E-state index < -0.39 is 18.3 Å². The molecule has 4 nitrogen and oxygen atoms in total. The number of halogens is 3. The number of aliphatic hydroxyl groups excluding tert-OH is 1. The Bertz CT molecular complexity index is 364. The maximum absolute atomic E-state index is 12.5. The van der Waals surface area contributed by atoms with Crippen LogP contribution in [0.4, 0.5) is 13.2 Å². The van der Waals surface area contributed by atoms with Crippen LogP contribution in [0.3, 0.4) is 0 Å². The molecule has 0 aromatic rings. The molecule has 1 aliphatic rings. The molecule has 0 aliphatic heterocycles. The molecule has 0 aromatic heterocycles. The third-order valence-corrected chi connectivity index (χ3v) is 2.37. The lowest BCUT2D eigenvalue weighted by Gasteiger charge is -2.22. The molecule has 18 heavy (non-hydrogen) atoms. The minimum atomic E-state index is -4.29. The molecule has 0 spiro atoms. The van der Waals surface area contributed by atoms with Crippen LogP contribution < -0.4 is 10.6 Å². The van der Waals surface area contributed by atoms with Gasteiger partial charge in [0.1, 0.15) is 6.23 Å². The SMILES string of the molecule is CC(=O)NCC(O)NC1=CC(C(F)(F)F)CC=C1. The van der Waals surface area contributed by atoms with Crippen molar-refractivity contribution in [2.45, 2.75) is 25.7 Å². The Balaban J connectivity index is 2.53. The monoisotopic (exact) mass is 264 g/mol. The molecule has 0 heterocycles. The molecule has 1 amide bonds. The Kier molecular flexibility index (Phi) is 4.77. The first-order chi connectivity index (χ1) is 8.29. The maximum Gasteiger partial charge on any atom is 0.395 e. The highest BCUT2D eigenvalue weighted by atomic mass is 19.4. The van der Waals surface area contributed by atoms with Gasteiger partial charge >= 0.3 is 6.18 Å². The lowest BCUT2D eigenvalue weighted by Crippen LogP contribution is -2.40. The zero-order valence-corrected chi connectivity index (χ0v) is 9.79. The molecule has 0 saturated carbocycles. The Hall–Kier alpha value is -1.50. The Morgan fingerprint density at radius 1 is 1.61 bits per heavy atom. The number of nitrogens with one attached hydrogen (secondary N) is 2. The van der Waals surface area contributed by atoms with Crippen molar-refractivity contribution in [1.29, 1.82) is 0 Å². The summed E-state index contributed by atoms with van der Waals surface area (Å²) in [4.78, 5) is 10.6. The molecule has 0 radical (unpaired) electrons. The number of rotatable bonds is 4. The van der Waals surface area contributed by atoms with E-state index in [1.165, 1.54) is 19.1 Å². The minimum Gasteiger partial charge on any atom is -0.372 e. The Labute approximate surface area is 103 Å². The van der Waals surface area contributed by atoms with Gasteiger partial charge in [-0.3, -0.25) is 4.79 Å². The molecule has 1 aliphatic carbocycles. The van der Waals surface area contributed by atoms with Gasteiger partial charge in [-0.25, -0.2) is 0 Å². The normalized spacial score (nSPS) is 21.2. The number of aliphatic hydroxyl groups is 1. The van der Waals surface area contributed by atoms with E-state index in [4.69, 9.17) is 0 Å². The van der Waals surface area contributed by atoms with Gasteiger partial charge in [-0.2, -0.15) is 13.2 Å². The van der Waals surface area contributed by atoms with Gasteiger partial charge in [-0.15, -0.1) is 0 Å². The predicted molar refractivity (Wildman–Crippen MR) is 59.2 cm³/mol. The summed E-state index contributed by atoms with van der Waals surface area (Å²) in [6.45, 7) is 1.21. The fourth-order valence-electron chi connectivity index (χ4n) is 1.49. The highest BCUT2D eigenvalue weighted by molar-refractivity contribution is 5.72. The third kappa shape index (κ3) is 4.79. The second-order valence-electron chi connectivity index (χ2n) is 4.01. The van der Waals surface area contributed by atoms with E-state index >= 15 is 0 Å². The van der Waals surface area contributed by atoms with Crippen LogP contribution in [0.2, 0.25) is 0 Å². The smallest absolute Gasteiger partial charge is 0.372 e. The summed E-state index contributed by atoms with van der Waals surface area (Å²) in [6.07, 6.45) is -1.63. The summed E-state index contributed by atoms with van der Waals surface area (Å²) in [7, 11) is 0. The summed E-state index contributed by atoms with van der Waals surface area (Å²) < 4.78 is 37.4. The molecule has 2 atom stereocenters. The van der Waals surface area contributed by atoms with Crippen molar-refractivity contribution >= 4 is 5.91 Å². The van der Waals surface area contributed by atoms with Crippen LogP contribution in [0.1, 0.15) is 13.3 Å².